The Morgan fingerprint density at radius 3 is 2.41 bits per heavy atom. The van der Waals surface area contributed by atoms with Crippen LogP contribution in [0.1, 0.15) is 58.8 Å². The van der Waals surface area contributed by atoms with Gasteiger partial charge in [-0.25, -0.2) is 0 Å². The van der Waals surface area contributed by atoms with Crippen LogP contribution in [0.5, 0.6) is 0 Å². The molecule has 0 spiro atoms. The molecule has 1 saturated heterocycles. The second kappa shape index (κ2) is 5.88. The number of piperidine rings is 1. The minimum atomic E-state index is 0.342. The molecule has 0 aromatic rings. The molecular formula is C15H27NO. The fourth-order valence-corrected chi connectivity index (χ4v) is 3.43. The molecule has 2 heteroatoms. The van der Waals surface area contributed by atoms with Crippen molar-refractivity contribution in [1.29, 1.82) is 0 Å². The molecule has 2 aliphatic rings. The zero-order valence-corrected chi connectivity index (χ0v) is 11.5. The molecule has 17 heavy (non-hydrogen) atoms. The maximum atomic E-state index is 12.4. The number of nitrogens with zero attached hydrogens (tertiary/aromatic N) is 1. The summed E-state index contributed by atoms with van der Waals surface area (Å²) in [6.07, 6.45) is 8.61. The van der Waals surface area contributed by atoms with Gasteiger partial charge in [0.05, 0.1) is 0 Å². The normalized spacial score (nSPS) is 30.6. The number of rotatable bonds is 2. The number of carbonyl (C=O) groups excluding carboxylic acids is 1. The van der Waals surface area contributed by atoms with Gasteiger partial charge >= 0.3 is 0 Å². The van der Waals surface area contributed by atoms with Crippen molar-refractivity contribution in [1.82, 2.24) is 4.90 Å². The molecule has 98 valence electrons. The van der Waals surface area contributed by atoms with E-state index in [4.69, 9.17) is 0 Å². The van der Waals surface area contributed by atoms with E-state index in [1.807, 2.05) is 0 Å². The lowest BCUT2D eigenvalue weighted by atomic mass is 9.75. The van der Waals surface area contributed by atoms with Gasteiger partial charge < -0.3 is 4.90 Å². The highest BCUT2D eigenvalue weighted by atomic mass is 16.2. The van der Waals surface area contributed by atoms with Gasteiger partial charge in [-0.2, -0.15) is 0 Å². The number of carbonyl (C=O) groups is 1. The SMILES string of the molecule is CC(C)C1CCCC(C(=O)N2CCCCC2)C1. The molecule has 0 radical (unpaired) electrons. The number of likely N-dealkylation sites (tertiary alicyclic amines) is 1. The fraction of sp³-hybridized carbons (Fsp3) is 0.933. The number of amides is 1. The molecule has 1 aliphatic carbocycles. The second-order valence-corrected chi connectivity index (χ2v) is 6.25. The lowest BCUT2D eigenvalue weighted by Gasteiger charge is -2.35. The van der Waals surface area contributed by atoms with Crippen LogP contribution in [-0.4, -0.2) is 23.9 Å². The van der Waals surface area contributed by atoms with E-state index in [0.29, 0.717) is 11.8 Å². The molecule has 2 fully saturated rings. The first-order chi connectivity index (χ1) is 8.18. The van der Waals surface area contributed by atoms with E-state index in [9.17, 15) is 4.79 Å². The summed E-state index contributed by atoms with van der Waals surface area (Å²) in [6.45, 7) is 6.64. The summed E-state index contributed by atoms with van der Waals surface area (Å²) < 4.78 is 0. The van der Waals surface area contributed by atoms with Crippen molar-refractivity contribution in [2.45, 2.75) is 58.8 Å². The standard InChI is InChI=1S/C15H27NO/c1-12(2)13-7-6-8-14(11-13)15(17)16-9-4-3-5-10-16/h12-14H,3-11H2,1-2H3. The van der Waals surface area contributed by atoms with Gasteiger partial charge in [0.25, 0.3) is 0 Å². The highest BCUT2D eigenvalue weighted by Gasteiger charge is 2.31. The smallest absolute Gasteiger partial charge is 0.225 e. The van der Waals surface area contributed by atoms with Crippen molar-refractivity contribution in [2.75, 3.05) is 13.1 Å². The summed E-state index contributed by atoms with van der Waals surface area (Å²) in [6, 6.07) is 0. The average Bonchev–Trinajstić information content (AvgIpc) is 2.39. The highest BCUT2D eigenvalue weighted by molar-refractivity contribution is 5.79. The molecule has 2 nitrogen and oxygen atoms in total. The van der Waals surface area contributed by atoms with E-state index in [-0.39, 0.29) is 0 Å². The van der Waals surface area contributed by atoms with Gasteiger partial charge in [0.1, 0.15) is 0 Å². The summed E-state index contributed by atoms with van der Waals surface area (Å²) in [5.41, 5.74) is 0. The van der Waals surface area contributed by atoms with Crippen molar-refractivity contribution in [2.24, 2.45) is 17.8 Å². The minimum Gasteiger partial charge on any atom is -0.342 e. The van der Waals surface area contributed by atoms with Crippen LogP contribution < -0.4 is 0 Å². The molecule has 0 aromatic carbocycles. The van der Waals surface area contributed by atoms with Gasteiger partial charge in [0.2, 0.25) is 5.91 Å². The minimum absolute atomic E-state index is 0.342. The Bertz CT molecular complexity index is 256. The fourth-order valence-electron chi connectivity index (χ4n) is 3.43. The van der Waals surface area contributed by atoms with Gasteiger partial charge in [0, 0.05) is 19.0 Å². The van der Waals surface area contributed by atoms with Crippen LogP contribution >= 0.6 is 0 Å². The zero-order chi connectivity index (χ0) is 12.3. The maximum absolute atomic E-state index is 12.4. The third kappa shape index (κ3) is 3.23. The van der Waals surface area contributed by atoms with Crippen LogP contribution in [0.15, 0.2) is 0 Å². The van der Waals surface area contributed by atoms with E-state index in [1.165, 1.54) is 32.1 Å². The summed E-state index contributed by atoms with van der Waals surface area (Å²) in [5, 5.41) is 0. The molecule has 1 amide bonds. The summed E-state index contributed by atoms with van der Waals surface area (Å²) in [4.78, 5) is 14.6. The van der Waals surface area contributed by atoms with Gasteiger partial charge in [-0.05, 0) is 43.9 Å². The molecule has 2 unspecified atom stereocenters. The zero-order valence-electron chi connectivity index (χ0n) is 11.5. The topological polar surface area (TPSA) is 20.3 Å². The Morgan fingerprint density at radius 1 is 1.06 bits per heavy atom. The predicted molar refractivity (Wildman–Crippen MR) is 70.7 cm³/mol. The summed E-state index contributed by atoms with van der Waals surface area (Å²) in [5.74, 6) is 2.33. The molecule has 1 heterocycles. The van der Waals surface area contributed by atoms with E-state index < -0.39 is 0 Å². The van der Waals surface area contributed by atoms with Gasteiger partial charge in [-0.1, -0.05) is 26.7 Å². The monoisotopic (exact) mass is 237 g/mol. The Kier molecular flexibility index (Phi) is 4.47. The third-order valence-electron chi connectivity index (χ3n) is 4.67. The van der Waals surface area contributed by atoms with Crippen molar-refractivity contribution >= 4 is 5.91 Å². The Morgan fingerprint density at radius 2 is 1.76 bits per heavy atom. The summed E-state index contributed by atoms with van der Waals surface area (Å²) in [7, 11) is 0. The molecule has 0 aromatic heterocycles. The first-order valence-corrected chi connectivity index (χ1v) is 7.47. The van der Waals surface area contributed by atoms with Gasteiger partial charge in [-0.3, -0.25) is 4.79 Å². The molecular weight excluding hydrogens is 210 g/mol. The quantitative estimate of drug-likeness (QED) is 0.720. The van der Waals surface area contributed by atoms with Crippen molar-refractivity contribution in [3.05, 3.63) is 0 Å². The van der Waals surface area contributed by atoms with Crippen molar-refractivity contribution < 1.29 is 4.79 Å². The molecule has 1 saturated carbocycles. The summed E-state index contributed by atoms with van der Waals surface area (Å²) >= 11 is 0. The van der Waals surface area contributed by atoms with E-state index >= 15 is 0 Å². The van der Waals surface area contributed by atoms with Crippen LogP contribution in [0.4, 0.5) is 0 Å². The lowest BCUT2D eigenvalue weighted by Crippen LogP contribution is -2.41. The number of hydrogen-bond acceptors (Lipinski definition) is 1. The van der Waals surface area contributed by atoms with Gasteiger partial charge in [0.15, 0.2) is 0 Å². The van der Waals surface area contributed by atoms with Crippen LogP contribution in [0.3, 0.4) is 0 Å². The molecule has 2 atom stereocenters. The molecule has 0 N–H and O–H groups in total. The van der Waals surface area contributed by atoms with Crippen LogP contribution in [0, 0.1) is 17.8 Å². The Labute approximate surface area is 106 Å². The van der Waals surface area contributed by atoms with Crippen molar-refractivity contribution in [3.8, 4) is 0 Å². The maximum Gasteiger partial charge on any atom is 0.225 e. The third-order valence-corrected chi connectivity index (χ3v) is 4.67. The van der Waals surface area contributed by atoms with E-state index in [2.05, 4.69) is 18.7 Å². The Balaban J connectivity index is 1.89. The lowest BCUT2D eigenvalue weighted by molar-refractivity contribution is -0.138. The van der Waals surface area contributed by atoms with Crippen LogP contribution in [0.2, 0.25) is 0 Å². The van der Waals surface area contributed by atoms with E-state index in [0.717, 1.165) is 37.8 Å². The Hall–Kier alpha value is -0.530. The van der Waals surface area contributed by atoms with Gasteiger partial charge in [-0.15, -0.1) is 0 Å². The molecule has 0 bridgehead atoms. The van der Waals surface area contributed by atoms with Crippen LogP contribution in [-0.2, 0) is 4.79 Å². The largest absolute Gasteiger partial charge is 0.342 e. The molecule has 1 aliphatic heterocycles. The second-order valence-electron chi connectivity index (χ2n) is 6.25. The first-order valence-electron chi connectivity index (χ1n) is 7.47. The van der Waals surface area contributed by atoms with Crippen LogP contribution in [0.25, 0.3) is 0 Å². The average molecular weight is 237 g/mol. The number of hydrogen-bond donors (Lipinski definition) is 0. The molecule has 2 rings (SSSR count). The van der Waals surface area contributed by atoms with E-state index in [1.54, 1.807) is 0 Å². The highest BCUT2D eigenvalue weighted by Crippen LogP contribution is 2.34. The first kappa shape index (κ1) is 12.9. The predicted octanol–water partition coefficient (Wildman–Crippen LogP) is 3.46. The van der Waals surface area contributed by atoms with Crippen molar-refractivity contribution in [3.63, 3.8) is 0 Å².